The van der Waals surface area contributed by atoms with Gasteiger partial charge in [0.1, 0.15) is 24.2 Å². The summed E-state index contributed by atoms with van der Waals surface area (Å²) in [6, 6.07) is 16.9. The van der Waals surface area contributed by atoms with Crippen LogP contribution < -0.4 is 15.5 Å². The van der Waals surface area contributed by atoms with Crippen LogP contribution in [0.1, 0.15) is 35.3 Å². The van der Waals surface area contributed by atoms with E-state index in [0.717, 1.165) is 5.56 Å². The molecule has 1 atom stereocenters. The number of carbonyl (C=O) groups is 2. The molecule has 0 bridgehead atoms. The third kappa shape index (κ3) is 7.28. The number of para-hydroxylation sites is 1. The molecule has 0 radical (unpaired) electrons. The van der Waals surface area contributed by atoms with Crippen LogP contribution in [0.3, 0.4) is 0 Å². The second-order valence-electron chi connectivity index (χ2n) is 7.97. The van der Waals surface area contributed by atoms with Gasteiger partial charge in [-0.3, -0.25) is 9.59 Å². The predicted octanol–water partition coefficient (Wildman–Crippen LogP) is 5.62. The lowest BCUT2D eigenvalue weighted by Gasteiger charge is -2.20. The van der Waals surface area contributed by atoms with Gasteiger partial charge in [0.05, 0.1) is 11.8 Å². The maximum atomic E-state index is 13.9. The minimum absolute atomic E-state index is 0.138. The molecular weight excluding hydrogens is 492 g/mol. The van der Waals surface area contributed by atoms with Gasteiger partial charge >= 0.3 is 0 Å². The minimum Gasteiger partial charge on any atom is -0.488 e. The summed E-state index contributed by atoms with van der Waals surface area (Å²) in [5.41, 5.74) is 3.68. The van der Waals surface area contributed by atoms with Crippen LogP contribution >= 0.6 is 23.2 Å². The first-order chi connectivity index (χ1) is 16.8. The van der Waals surface area contributed by atoms with Gasteiger partial charge in [0, 0.05) is 21.2 Å². The van der Waals surface area contributed by atoms with Crippen LogP contribution in [0.25, 0.3) is 0 Å². The Bertz CT molecular complexity index is 1230. The second kappa shape index (κ2) is 12.3. The van der Waals surface area contributed by atoms with Crippen molar-refractivity contribution >= 4 is 41.2 Å². The van der Waals surface area contributed by atoms with Gasteiger partial charge in [-0.2, -0.15) is 5.10 Å². The van der Waals surface area contributed by atoms with Crippen molar-refractivity contribution in [3.8, 4) is 5.75 Å². The SMILES string of the molecule is CC(C)C(NC(=O)c1ccccc1F)C(=O)NN=Cc1ccccc1OCc1ccc(Cl)cc1Cl. The maximum Gasteiger partial charge on any atom is 0.262 e. The lowest BCUT2D eigenvalue weighted by atomic mass is 10.0. The van der Waals surface area contributed by atoms with Crippen molar-refractivity contribution in [2.75, 3.05) is 0 Å². The van der Waals surface area contributed by atoms with Gasteiger partial charge in [0.2, 0.25) is 0 Å². The molecular formula is C26H24Cl2FN3O3. The van der Waals surface area contributed by atoms with Crippen LogP contribution in [-0.4, -0.2) is 24.1 Å². The fourth-order valence-electron chi connectivity index (χ4n) is 3.15. The summed E-state index contributed by atoms with van der Waals surface area (Å²) in [6.07, 6.45) is 1.44. The number of rotatable bonds is 9. The number of ether oxygens (including phenoxy) is 1. The van der Waals surface area contributed by atoms with E-state index < -0.39 is 23.7 Å². The molecule has 0 aliphatic heterocycles. The van der Waals surface area contributed by atoms with E-state index in [0.29, 0.717) is 21.4 Å². The fraction of sp³-hybridized carbons (Fsp3) is 0.192. The zero-order valence-electron chi connectivity index (χ0n) is 19.1. The summed E-state index contributed by atoms with van der Waals surface area (Å²) < 4.78 is 19.8. The number of hydrogen-bond donors (Lipinski definition) is 2. The quantitative estimate of drug-likeness (QED) is 0.286. The molecule has 3 rings (SSSR count). The van der Waals surface area contributed by atoms with E-state index in [9.17, 15) is 14.0 Å². The Balaban J connectivity index is 1.64. The Labute approximate surface area is 213 Å². The number of halogens is 3. The standard InChI is InChI=1S/C26H24Cl2FN3O3/c1-16(2)24(31-25(33)20-8-4-5-9-22(20)29)26(34)32-30-14-17-7-3-6-10-23(17)35-15-18-11-12-19(27)13-21(18)28/h3-14,16,24H,15H2,1-2H3,(H,31,33)(H,32,34). The molecule has 6 nitrogen and oxygen atoms in total. The van der Waals surface area contributed by atoms with E-state index in [-0.39, 0.29) is 18.1 Å². The smallest absolute Gasteiger partial charge is 0.262 e. The Morgan fingerprint density at radius 2 is 1.77 bits per heavy atom. The van der Waals surface area contributed by atoms with Crippen LogP contribution in [-0.2, 0) is 11.4 Å². The topological polar surface area (TPSA) is 79.8 Å². The average molecular weight is 516 g/mol. The molecule has 0 spiro atoms. The van der Waals surface area contributed by atoms with Gasteiger partial charge in [-0.1, -0.05) is 67.4 Å². The monoisotopic (exact) mass is 515 g/mol. The molecule has 1 unspecified atom stereocenters. The summed E-state index contributed by atoms with van der Waals surface area (Å²) in [6.45, 7) is 3.74. The number of amides is 2. The van der Waals surface area contributed by atoms with Crippen molar-refractivity contribution in [3.63, 3.8) is 0 Å². The fourth-order valence-corrected chi connectivity index (χ4v) is 3.61. The van der Waals surface area contributed by atoms with Crippen LogP contribution in [0, 0.1) is 11.7 Å². The Morgan fingerprint density at radius 1 is 1.06 bits per heavy atom. The van der Waals surface area contributed by atoms with Crippen molar-refractivity contribution in [3.05, 3.63) is 99.3 Å². The van der Waals surface area contributed by atoms with Crippen LogP contribution in [0.5, 0.6) is 5.75 Å². The van der Waals surface area contributed by atoms with Gasteiger partial charge in [0.15, 0.2) is 0 Å². The zero-order chi connectivity index (χ0) is 25.4. The third-order valence-corrected chi connectivity index (χ3v) is 5.64. The highest BCUT2D eigenvalue weighted by atomic mass is 35.5. The highest BCUT2D eigenvalue weighted by molar-refractivity contribution is 6.35. The molecule has 2 N–H and O–H groups in total. The summed E-state index contributed by atoms with van der Waals surface area (Å²) in [7, 11) is 0. The van der Waals surface area contributed by atoms with Gasteiger partial charge in [0.25, 0.3) is 11.8 Å². The molecule has 2 amide bonds. The summed E-state index contributed by atoms with van der Waals surface area (Å²) in [4.78, 5) is 25.2. The number of nitrogens with zero attached hydrogens (tertiary/aromatic N) is 1. The van der Waals surface area contributed by atoms with Gasteiger partial charge in [-0.25, -0.2) is 9.82 Å². The molecule has 0 heterocycles. The molecule has 0 saturated carbocycles. The zero-order valence-corrected chi connectivity index (χ0v) is 20.6. The summed E-state index contributed by atoms with van der Waals surface area (Å²) in [5, 5.41) is 7.61. The lowest BCUT2D eigenvalue weighted by Crippen LogP contribution is -2.48. The molecule has 9 heteroatoms. The first kappa shape index (κ1) is 26.2. The van der Waals surface area contributed by atoms with E-state index in [2.05, 4.69) is 15.8 Å². The van der Waals surface area contributed by atoms with Crippen LogP contribution in [0.4, 0.5) is 4.39 Å². The van der Waals surface area contributed by atoms with Gasteiger partial charge in [-0.05, 0) is 42.3 Å². The predicted molar refractivity (Wildman–Crippen MR) is 135 cm³/mol. The van der Waals surface area contributed by atoms with Crippen molar-refractivity contribution in [2.45, 2.75) is 26.5 Å². The highest BCUT2D eigenvalue weighted by Gasteiger charge is 2.25. The molecule has 0 aliphatic rings. The van der Waals surface area contributed by atoms with E-state index in [1.165, 1.54) is 24.4 Å². The molecule has 0 aliphatic carbocycles. The third-order valence-electron chi connectivity index (χ3n) is 5.05. The molecule has 3 aromatic carbocycles. The number of nitrogens with one attached hydrogen (secondary N) is 2. The number of hydrogen-bond acceptors (Lipinski definition) is 4. The highest BCUT2D eigenvalue weighted by Crippen LogP contribution is 2.24. The summed E-state index contributed by atoms with van der Waals surface area (Å²) in [5.74, 6) is -1.61. The lowest BCUT2D eigenvalue weighted by molar-refractivity contribution is -0.123. The Morgan fingerprint density at radius 3 is 2.49 bits per heavy atom. The van der Waals surface area contributed by atoms with E-state index in [4.69, 9.17) is 27.9 Å². The van der Waals surface area contributed by atoms with E-state index >= 15 is 0 Å². The van der Waals surface area contributed by atoms with E-state index in [1.807, 2.05) is 6.07 Å². The first-order valence-electron chi connectivity index (χ1n) is 10.8. The Kier molecular flexibility index (Phi) is 9.23. The van der Waals surface area contributed by atoms with Crippen LogP contribution in [0.2, 0.25) is 10.0 Å². The van der Waals surface area contributed by atoms with Crippen LogP contribution in [0.15, 0.2) is 71.8 Å². The second-order valence-corrected chi connectivity index (χ2v) is 8.82. The van der Waals surface area contributed by atoms with Gasteiger partial charge < -0.3 is 10.1 Å². The summed E-state index contributed by atoms with van der Waals surface area (Å²) >= 11 is 12.1. The van der Waals surface area contributed by atoms with Crippen molar-refractivity contribution in [1.29, 1.82) is 0 Å². The molecule has 182 valence electrons. The van der Waals surface area contributed by atoms with Crippen molar-refractivity contribution in [2.24, 2.45) is 11.0 Å². The van der Waals surface area contributed by atoms with Crippen molar-refractivity contribution < 1.29 is 18.7 Å². The maximum absolute atomic E-state index is 13.9. The van der Waals surface area contributed by atoms with Crippen molar-refractivity contribution in [1.82, 2.24) is 10.7 Å². The molecule has 35 heavy (non-hydrogen) atoms. The number of carbonyl (C=O) groups excluding carboxylic acids is 2. The molecule has 0 saturated heterocycles. The average Bonchev–Trinajstić information content (AvgIpc) is 2.82. The normalized spacial score (nSPS) is 11.9. The first-order valence-corrected chi connectivity index (χ1v) is 11.6. The number of hydrazone groups is 1. The van der Waals surface area contributed by atoms with E-state index in [1.54, 1.807) is 56.3 Å². The van der Waals surface area contributed by atoms with Gasteiger partial charge in [-0.15, -0.1) is 0 Å². The molecule has 3 aromatic rings. The molecule has 0 fully saturated rings. The Hall–Kier alpha value is -3.42. The number of benzene rings is 3. The largest absolute Gasteiger partial charge is 0.488 e. The molecule has 0 aromatic heterocycles. The minimum atomic E-state index is -0.919.